The smallest absolute Gasteiger partial charge is 0.415 e. The number of benzene rings is 1. The van der Waals surface area contributed by atoms with Crippen molar-refractivity contribution in [3.8, 4) is 0 Å². The molecule has 8 heteroatoms. The fraction of sp³-hybridized carbons (Fsp3) is 0.467. The fourth-order valence-electron chi connectivity index (χ4n) is 2.77. The van der Waals surface area contributed by atoms with Gasteiger partial charge in [0, 0.05) is 20.1 Å². The molecule has 1 aromatic rings. The van der Waals surface area contributed by atoms with Crippen LogP contribution >= 0.6 is 0 Å². The third-order valence-electron chi connectivity index (χ3n) is 3.98. The van der Waals surface area contributed by atoms with Crippen LogP contribution in [0.5, 0.6) is 0 Å². The molecule has 3 rings (SSSR count). The highest BCUT2D eigenvalue weighted by Gasteiger charge is 2.39. The van der Waals surface area contributed by atoms with E-state index in [1.807, 2.05) is 4.90 Å². The molecule has 0 radical (unpaired) electrons. The van der Waals surface area contributed by atoms with Crippen molar-refractivity contribution in [2.75, 3.05) is 49.8 Å². The second-order valence-electron chi connectivity index (χ2n) is 5.31. The van der Waals surface area contributed by atoms with Crippen LogP contribution in [-0.4, -0.2) is 58.0 Å². The summed E-state index contributed by atoms with van der Waals surface area (Å²) in [5.41, 5.74) is 0.761. The number of anilines is 2. The van der Waals surface area contributed by atoms with E-state index in [-0.39, 0.29) is 12.5 Å². The minimum atomic E-state index is -0.791. The number of morpholine rings is 1. The van der Waals surface area contributed by atoms with Crippen molar-refractivity contribution in [1.82, 2.24) is 5.32 Å². The second kappa shape index (κ2) is 6.41. The van der Waals surface area contributed by atoms with Gasteiger partial charge in [-0.3, -0.25) is 9.69 Å². The molecule has 0 saturated carbocycles. The lowest BCUT2D eigenvalue weighted by molar-refractivity contribution is -0.121. The van der Waals surface area contributed by atoms with Gasteiger partial charge < -0.3 is 19.7 Å². The molecule has 1 N–H and O–H groups in total. The van der Waals surface area contributed by atoms with E-state index < -0.39 is 18.0 Å². The first-order chi connectivity index (χ1) is 11.1. The van der Waals surface area contributed by atoms with Gasteiger partial charge in [-0.2, -0.15) is 0 Å². The lowest BCUT2D eigenvalue weighted by atomic mass is 10.2. The molecule has 0 aromatic heterocycles. The number of nitrogens with one attached hydrogen (secondary N) is 1. The molecule has 7 nitrogen and oxygen atoms in total. The minimum Gasteiger partial charge on any atom is -0.446 e. The monoisotopic (exact) mass is 323 g/mol. The van der Waals surface area contributed by atoms with E-state index in [1.165, 1.54) is 18.0 Å². The van der Waals surface area contributed by atoms with Gasteiger partial charge in [-0.05, 0) is 18.2 Å². The molecule has 1 unspecified atom stereocenters. The van der Waals surface area contributed by atoms with Gasteiger partial charge in [-0.15, -0.1) is 0 Å². The highest BCUT2D eigenvalue weighted by atomic mass is 19.1. The third kappa shape index (κ3) is 2.94. The summed E-state index contributed by atoms with van der Waals surface area (Å²) in [6.07, 6.45) is -0.655. The number of carbonyl (C=O) groups excluding carboxylic acids is 2. The Labute approximate surface area is 132 Å². The number of ether oxygens (including phenoxy) is 2. The molecule has 2 amide bonds. The molecule has 0 aliphatic carbocycles. The first-order valence-electron chi connectivity index (χ1n) is 7.41. The summed E-state index contributed by atoms with van der Waals surface area (Å²) in [6.45, 7) is 2.29. The van der Waals surface area contributed by atoms with Crippen LogP contribution in [0.4, 0.5) is 20.6 Å². The van der Waals surface area contributed by atoms with Crippen molar-refractivity contribution in [3.63, 3.8) is 0 Å². The maximum atomic E-state index is 14.5. The number of carbonyl (C=O) groups is 2. The number of rotatable bonds is 3. The van der Waals surface area contributed by atoms with Crippen molar-refractivity contribution in [1.29, 1.82) is 0 Å². The quantitative estimate of drug-likeness (QED) is 0.888. The Balaban J connectivity index is 1.86. The molecule has 1 aromatic carbocycles. The van der Waals surface area contributed by atoms with E-state index in [0.29, 0.717) is 37.7 Å². The molecular formula is C15H18FN3O4. The van der Waals surface area contributed by atoms with Gasteiger partial charge in [0.25, 0.3) is 0 Å². The number of hydrogen-bond acceptors (Lipinski definition) is 5. The Bertz CT molecular complexity index is 619. The van der Waals surface area contributed by atoms with Crippen molar-refractivity contribution in [2.45, 2.75) is 6.04 Å². The predicted molar refractivity (Wildman–Crippen MR) is 81.1 cm³/mol. The van der Waals surface area contributed by atoms with Crippen molar-refractivity contribution in [2.24, 2.45) is 0 Å². The van der Waals surface area contributed by atoms with Gasteiger partial charge in [0.1, 0.15) is 12.4 Å². The maximum Gasteiger partial charge on any atom is 0.415 e. The zero-order valence-electron chi connectivity index (χ0n) is 12.8. The Morgan fingerprint density at radius 3 is 2.74 bits per heavy atom. The maximum absolute atomic E-state index is 14.5. The molecule has 2 saturated heterocycles. The van der Waals surface area contributed by atoms with Gasteiger partial charge >= 0.3 is 6.09 Å². The van der Waals surface area contributed by atoms with Crippen molar-refractivity contribution in [3.05, 3.63) is 24.0 Å². The van der Waals surface area contributed by atoms with E-state index in [0.717, 1.165) is 0 Å². The molecule has 2 heterocycles. The number of cyclic esters (lactones) is 1. The van der Waals surface area contributed by atoms with Gasteiger partial charge in [-0.1, -0.05) is 0 Å². The molecule has 2 fully saturated rings. The van der Waals surface area contributed by atoms with Gasteiger partial charge in [-0.25, -0.2) is 9.18 Å². The average Bonchev–Trinajstić information content (AvgIpc) is 2.96. The summed E-state index contributed by atoms with van der Waals surface area (Å²) in [7, 11) is 1.48. The molecule has 2 aliphatic heterocycles. The van der Waals surface area contributed by atoms with E-state index in [1.54, 1.807) is 12.1 Å². The summed E-state index contributed by atoms with van der Waals surface area (Å²) < 4.78 is 24.6. The Morgan fingerprint density at radius 1 is 1.35 bits per heavy atom. The van der Waals surface area contributed by atoms with Crippen LogP contribution in [-0.2, 0) is 14.3 Å². The highest BCUT2D eigenvalue weighted by molar-refractivity contribution is 6.00. The predicted octanol–water partition coefficient (Wildman–Crippen LogP) is 0.733. The average molecular weight is 323 g/mol. The van der Waals surface area contributed by atoms with E-state index in [2.05, 4.69) is 5.32 Å². The third-order valence-corrected chi connectivity index (χ3v) is 3.98. The molecule has 23 heavy (non-hydrogen) atoms. The Kier molecular flexibility index (Phi) is 4.33. The zero-order valence-corrected chi connectivity index (χ0v) is 12.8. The first-order valence-corrected chi connectivity index (χ1v) is 7.41. The Hall–Kier alpha value is -2.35. The van der Waals surface area contributed by atoms with E-state index in [9.17, 15) is 14.0 Å². The molecule has 0 spiro atoms. The summed E-state index contributed by atoms with van der Waals surface area (Å²) in [5, 5.41) is 2.48. The van der Waals surface area contributed by atoms with E-state index in [4.69, 9.17) is 9.47 Å². The molecule has 0 bridgehead atoms. The second-order valence-corrected chi connectivity index (χ2v) is 5.31. The standard InChI is InChI=1S/C15H18FN3O4/c1-17-14(20)13-9-23-15(21)19(13)10-2-3-12(11(16)8-10)18-4-6-22-7-5-18/h2-3,8,13H,4-7,9H2,1H3,(H,17,20). The van der Waals surface area contributed by atoms with Crippen LogP contribution in [0.2, 0.25) is 0 Å². The molecule has 1 atom stereocenters. The summed E-state index contributed by atoms with van der Waals surface area (Å²) in [4.78, 5) is 26.8. The zero-order chi connectivity index (χ0) is 16.4. The van der Waals surface area contributed by atoms with Crippen LogP contribution in [0.15, 0.2) is 18.2 Å². The number of halogens is 1. The summed E-state index contributed by atoms with van der Waals surface area (Å²) in [6, 6.07) is 3.70. The fourth-order valence-corrected chi connectivity index (χ4v) is 2.77. The molecule has 2 aliphatic rings. The van der Waals surface area contributed by atoms with Gasteiger partial charge in [0.2, 0.25) is 5.91 Å². The lowest BCUT2D eigenvalue weighted by Gasteiger charge is -2.29. The number of likely N-dealkylation sites (N-methyl/N-ethyl adjacent to an activating group) is 1. The minimum absolute atomic E-state index is 0.0503. The van der Waals surface area contributed by atoms with Crippen LogP contribution < -0.4 is 15.1 Å². The highest BCUT2D eigenvalue weighted by Crippen LogP contribution is 2.29. The summed E-state index contributed by atoms with van der Waals surface area (Å²) >= 11 is 0. The SMILES string of the molecule is CNC(=O)C1COC(=O)N1c1ccc(N2CCOCC2)c(F)c1. The first kappa shape index (κ1) is 15.5. The van der Waals surface area contributed by atoms with Crippen LogP contribution in [0, 0.1) is 5.82 Å². The number of amides is 2. The lowest BCUT2D eigenvalue weighted by Crippen LogP contribution is -2.44. The topological polar surface area (TPSA) is 71.1 Å². The normalized spacial score (nSPS) is 21.3. The number of nitrogens with zero attached hydrogens (tertiary/aromatic N) is 2. The van der Waals surface area contributed by atoms with Crippen molar-refractivity contribution < 1.29 is 23.5 Å². The van der Waals surface area contributed by atoms with Crippen LogP contribution in [0.25, 0.3) is 0 Å². The Morgan fingerprint density at radius 2 is 2.09 bits per heavy atom. The van der Waals surface area contributed by atoms with Crippen LogP contribution in [0.1, 0.15) is 0 Å². The van der Waals surface area contributed by atoms with Crippen LogP contribution in [0.3, 0.4) is 0 Å². The molecular weight excluding hydrogens is 305 g/mol. The molecule has 124 valence electrons. The summed E-state index contributed by atoms with van der Waals surface area (Å²) in [5.74, 6) is -0.798. The largest absolute Gasteiger partial charge is 0.446 e. The van der Waals surface area contributed by atoms with E-state index >= 15 is 0 Å². The van der Waals surface area contributed by atoms with Gasteiger partial charge in [0.05, 0.1) is 24.6 Å². The van der Waals surface area contributed by atoms with Gasteiger partial charge in [0.15, 0.2) is 6.04 Å². The van der Waals surface area contributed by atoms with Crippen molar-refractivity contribution >= 4 is 23.4 Å². The number of hydrogen-bond donors (Lipinski definition) is 1.